The van der Waals surface area contributed by atoms with Crippen molar-refractivity contribution in [2.45, 2.75) is 55.4 Å². The van der Waals surface area contributed by atoms with E-state index in [-0.39, 0.29) is 0 Å². The Bertz CT molecular complexity index is 1930. The Kier molecular flexibility index (Phi) is 6.03. The summed E-state index contributed by atoms with van der Waals surface area (Å²) in [6, 6.07) is 15.1. The maximum atomic E-state index is 5.28. The van der Waals surface area contributed by atoms with Crippen molar-refractivity contribution < 1.29 is 0 Å². The number of aromatic nitrogens is 4. The van der Waals surface area contributed by atoms with Crippen LogP contribution in [0, 0.1) is 27.7 Å². The molecule has 1 aromatic carbocycles. The SMILES string of the molecule is CC1=C(C)c2cc3[nH]c(cc4[nH]c(c(C)c4C)c(-c4ccc(Br)cc4)c4nc(cc1n2)C(C)=C4C)c(C)c3C. The van der Waals surface area contributed by atoms with Crippen molar-refractivity contribution in [2.24, 2.45) is 0 Å². The van der Waals surface area contributed by atoms with E-state index in [0.717, 1.165) is 60.4 Å². The molecule has 4 nitrogen and oxygen atoms in total. The van der Waals surface area contributed by atoms with Crippen molar-refractivity contribution in [3.05, 3.63) is 92.0 Å². The summed E-state index contributed by atoms with van der Waals surface area (Å²) >= 11 is 3.61. The first kappa shape index (κ1) is 25.6. The number of rotatable bonds is 1. The van der Waals surface area contributed by atoms with E-state index in [1.807, 2.05) is 0 Å². The molecule has 0 spiro atoms. The van der Waals surface area contributed by atoms with E-state index in [9.17, 15) is 0 Å². The molecule has 3 aromatic heterocycles. The van der Waals surface area contributed by atoms with E-state index >= 15 is 0 Å². The molecule has 0 radical (unpaired) electrons. The number of H-pyrrole nitrogens is 2. The largest absolute Gasteiger partial charge is 0.355 e. The molecule has 0 atom stereocenters. The molecule has 2 N–H and O–H groups in total. The van der Waals surface area contributed by atoms with Gasteiger partial charge >= 0.3 is 0 Å². The zero-order chi connectivity index (χ0) is 27.7. The number of allylic oxidation sites excluding steroid dienone is 4. The molecule has 5 heterocycles. The molecule has 4 aromatic rings. The summed E-state index contributed by atoms with van der Waals surface area (Å²) in [6.07, 6.45) is 0. The number of nitrogens with zero attached hydrogens (tertiary/aromatic N) is 2. The molecule has 39 heavy (non-hydrogen) atoms. The van der Waals surface area contributed by atoms with Gasteiger partial charge in [-0.15, -0.1) is 0 Å². The second-order valence-electron chi connectivity index (χ2n) is 10.9. The van der Waals surface area contributed by atoms with Gasteiger partial charge in [-0.1, -0.05) is 28.1 Å². The molecule has 8 bridgehead atoms. The van der Waals surface area contributed by atoms with Gasteiger partial charge in [0, 0.05) is 26.6 Å². The van der Waals surface area contributed by atoms with Crippen LogP contribution in [0.3, 0.4) is 0 Å². The van der Waals surface area contributed by atoms with Crippen molar-refractivity contribution >= 4 is 60.3 Å². The minimum atomic E-state index is 0.971. The minimum absolute atomic E-state index is 0.971. The van der Waals surface area contributed by atoms with Crippen molar-refractivity contribution in [3.8, 4) is 11.1 Å². The molecule has 2 aliphatic heterocycles. The molecule has 6 rings (SSSR count). The van der Waals surface area contributed by atoms with Gasteiger partial charge in [0.15, 0.2) is 0 Å². The Morgan fingerprint density at radius 3 is 1.72 bits per heavy atom. The van der Waals surface area contributed by atoms with E-state index in [1.165, 1.54) is 44.5 Å². The number of fused-ring (bicyclic) bond motifs is 8. The fourth-order valence-electron chi connectivity index (χ4n) is 5.56. The van der Waals surface area contributed by atoms with Crippen LogP contribution in [0.4, 0.5) is 0 Å². The van der Waals surface area contributed by atoms with Crippen molar-refractivity contribution in [3.63, 3.8) is 0 Å². The predicted octanol–water partition coefficient (Wildman–Crippen LogP) is 9.88. The van der Waals surface area contributed by atoms with Crippen LogP contribution in [0.15, 0.2) is 46.9 Å². The zero-order valence-electron chi connectivity index (χ0n) is 23.8. The standard InChI is InChI=1S/C34H33BrN4/c1-16-18(3)28-14-30-20(5)22(7)33(38-30)32(24-9-11-25(35)12-10-24)34-23(8)21(6)31(39-34)15-29-19(4)17(2)27(37-29)13-26(16)36-28/h9-15,36,38H,1-8H3. The highest BCUT2D eigenvalue weighted by Gasteiger charge is 2.22. The van der Waals surface area contributed by atoms with Crippen LogP contribution in [0.2, 0.25) is 0 Å². The first-order valence-corrected chi connectivity index (χ1v) is 14.2. The van der Waals surface area contributed by atoms with E-state index in [1.54, 1.807) is 0 Å². The second kappa shape index (κ2) is 9.20. The number of aromatic amines is 2. The lowest BCUT2D eigenvalue weighted by atomic mass is 9.97. The molecule has 0 aliphatic carbocycles. The molecule has 0 unspecified atom stereocenters. The van der Waals surface area contributed by atoms with E-state index < -0.39 is 0 Å². The van der Waals surface area contributed by atoms with Crippen LogP contribution in [-0.4, -0.2) is 19.9 Å². The summed E-state index contributed by atoms with van der Waals surface area (Å²) in [6.45, 7) is 17.4. The smallest absolute Gasteiger partial charge is 0.0768 e. The Labute approximate surface area is 238 Å². The monoisotopic (exact) mass is 576 g/mol. The first-order chi connectivity index (χ1) is 18.5. The third-order valence-electron chi connectivity index (χ3n) is 8.81. The highest BCUT2D eigenvalue weighted by Crippen LogP contribution is 2.40. The third kappa shape index (κ3) is 4.02. The fraction of sp³-hybridized carbons (Fsp3) is 0.235. The number of hydrogen-bond acceptors (Lipinski definition) is 2. The van der Waals surface area contributed by atoms with Gasteiger partial charge in [-0.05, 0) is 136 Å². The first-order valence-electron chi connectivity index (χ1n) is 13.4. The molecule has 196 valence electrons. The van der Waals surface area contributed by atoms with Gasteiger partial charge in [-0.2, -0.15) is 0 Å². The second-order valence-corrected chi connectivity index (χ2v) is 11.8. The Balaban J connectivity index is 1.87. The van der Waals surface area contributed by atoms with Crippen LogP contribution < -0.4 is 0 Å². The van der Waals surface area contributed by atoms with Crippen LogP contribution in [-0.2, 0) is 0 Å². The molecule has 2 aliphatic rings. The number of halogens is 1. The molecule has 0 amide bonds. The van der Waals surface area contributed by atoms with Crippen molar-refractivity contribution in [1.29, 1.82) is 0 Å². The minimum Gasteiger partial charge on any atom is -0.355 e. The van der Waals surface area contributed by atoms with Gasteiger partial charge in [0.25, 0.3) is 0 Å². The molecule has 5 heteroatoms. The normalized spacial score (nSPS) is 13.6. The quantitative estimate of drug-likeness (QED) is 0.237. The highest BCUT2D eigenvalue weighted by molar-refractivity contribution is 9.10. The highest BCUT2D eigenvalue weighted by atomic mass is 79.9. The average Bonchev–Trinajstić information content (AvgIpc) is 3.54. The van der Waals surface area contributed by atoms with E-state index in [4.69, 9.17) is 9.97 Å². The lowest BCUT2D eigenvalue weighted by molar-refractivity contribution is 1.25. The fourth-order valence-corrected chi connectivity index (χ4v) is 5.83. The molecule has 0 saturated heterocycles. The summed E-state index contributed by atoms with van der Waals surface area (Å²) in [5.74, 6) is 0. The maximum Gasteiger partial charge on any atom is 0.0768 e. The average molecular weight is 578 g/mol. The number of nitrogens with one attached hydrogen (secondary N) is 2. The molecular formula is C34H33BrN4. The van der Waals surface area contributed by atoms with Crippen LogP contribution in [0.5, 0.6) is 0 Å². The number of aryl methyl sites for hydroxylation is 4. The lowest BCUT2D eigenvalue weighted by Gasteiger charge is -2.08. The molecule has 0 saturated carbocycles. The topological polar surface area (TPSA) is 57.4 Å². The summed E-state index contributed by atoms with van der Waals surface area (Å²) in [5, 5.41) is 0. The number of benzene rings is 1. The summed E-state index contributed by atoms with van der Waals surface area (Å²) in [4.78, 5) is 17.8. The van der Waals surface area contributed by atoms with Gasteiger partial charge in [0.1, 0.15) is 0 Å². The van der Waals surface area contributed by atoms with E-state index in [2.05, 4.69) is 124 Å². The molecular weight excluding hydrogens is 544 g/mol. The lowest BCUT2D eigenvalue weighted by Crippen LogP contribution is -1.89. The van der Waals surface area contributed by atoms with Crippen molar-refractivity contribution in [1.82, 2.24) is 19.9 Å². The Hall–Kier alpha value is -3.70. The van der Waals surface area contributed by atoms with Crippen LogP contribution in [0.1, 0.15) is 72.7 Å². The summed E-state index contributed by atoms with van der Waals surface area (Å²) in [7, 11) is 0. The van der Waals surface area contributed by atoms with Gasteiger partial charge < -0.3 is 9.97 Å². The third-order valence-corrected chi connectivity index (χ3v) is 9.34. The summed E-state index contributed by atoms with van der Waals surface area (Å²) < 4.78 is 1.06. The van der Waals surface area contributed by atoms with Crippen LogP contribution in [0.25, 0.3) is 55.5 Å². The Morgan fingerprint density at radius 2 is 1.05 bits per heavy atom. The van der Waals surface area contributed by atoms with Crippen molar-refractivity contribution in [2.75, 3.05) is 0 Å². The van der Waals surface area contributed by atoms with E-state index in [0.29, 0.717) is 0 Å². The molecule has 0 fully saturated rings. The van der Waals surface area contributed by atoms with Gasteiger partial charge in [0.05, 0.1) is 28.3 Å². The Morgan fingerprint density at radius 1 is 0.538 bits per heavy atom. The maximum absolute atomic E-state index is 5.28. The zero-order valence-corrected chi connectivity index (χ0v) is 25.4. The van der Waals surface area contributed by atoms with Gasteiger partial charge in [-0.3, -0.25) is 0 Å². The van der Waals surface area contributed by atoms with Gasteiger partial charge in [-0.25, -0.2) is 9.97 Å². The number of hydrogen-bond donors (Lipinski definition) is 2. The van der Waals surface area contributed by atoms with Gasteiger partial charge in [0.2, 0.25) is 0 Å². The summed E-state index contributed by atoms with van der Waals surface area (Å²) in [5.41, 5.74) is 20.3. The van der Waals surface area contributed by atoms with Crippen LogP contribution >= 0.6 is 15.9 Å². The predicted molar refractivity (Wildman–Crippen MR) is 169 cm³/mol.